The van der Waals surface area contributed by atoms with Crippen molar-refractivity contribution < 1.29 is 24.2 Å². The van der Waals surface area contributed by atoms with Crippen LogP contribution in [-0.4, -0.2) is 60.1 Å². The Kier molecular flexibility index (Phi) is 5.03. The summed E-state index contributed by atoms with van der Waals surface area (Å²) in [4.78, 5) is 39.5. The van der Waals surface area contributed by atoms with Gasteiger partial charge in [-0.1, -0.05) is 17.7 Å². The van der Waals surface area contributed by atoms with Gasteiger partial charge in [0.05, 0.1) is 19.1 Å². The Hall–Kier alpha value is -2.41. The predicted molar refractivity (Wildman–Crippen MR) is 90.2 cm³/mol. The fourth-order valence-corrected chi connectivity index (χ4v) is 3.35. The zero-order valence-corrected chi connectivity index (χ0v) is 14.2. The molecule has 2 saturated heterocycles. The summed E-state index contributed by atoms with van der Waals surface area (Å²) in [6.45, 7) is 3.41. The minimum atomic E-state index is -0.957. The maximum Gasteiger partial charge on any atom is 0.306 e. The molecule has 7 nitrogen and oxygen atoms in total. The lowest BCUT2D eigenvalue weighted by Gasteiger charge is -2.33. The number of nitrogens with zero attached hydrogens (tertiary/aromatic N) is 2. The van der Waals surface area contributed by atoms with Crippen molar-refractivity contribution in [3.63, 3.8) is 0 Å². The fourth-order valence-electron chi connectivity index (χ4n) is 3.35. The first kappa shape index (κ1) is 17.4. The SMILES string of the molecule is Cc1ccc(N2CC[C@@H](C(=O)N3CCO[C@@H](CC(=O)O)C3)C2=O)cc1. The number of ether oxygens (including phenoxy) is 1. The van der Waals surface area contributed by atoms with E-state index in [1.54, 1.807) is 9.80 Å². The summed E-state index contributed by atoms with van der Waals surface area (Å²) in [5.74, 6) is -2.06. The second kappa shape index (κ2) is 7.23. The van der Waals surface area contributed by atoms with Gasteiger partial charge in [0.1, 0.15) is 5.92 Å². The number of carboxylic acids is 1. The number of amides is 2. The van der Waals surface area contributed by atoms with E-state index in [0.29, 0.717) is 26.1 Å². The van der Waals surface area contributed by atoms with E-state index in [0.717, 1.165) is 11.3 Å². The van der Waals surface area contributed by atoms with Gasteiger partial charge in [0.2, 0.25) is 11.8 Å². The lowest BCUT2D eigenvalue weighted by Crippen LogP contribution is -2.49. The van der Waals surface area contributed by atoms with Crippen molar-refractivity contribution >= 4 is 23.5 Å². The highest BCUT2D eigenvalue weighted by molar-refractivity contribution is 6.09. The van der Waals surface area contributed by atoms with Gasteiger partial charge in [-0.25, -0.2) is 0 Å². The zero-order valence-electron chi connectivity index (χ0n) is 14.2. The van der Waals surface area contributed by atoms with E-state index in [1.807, 2.05) is 31.2 Å². The number of aryl methyl sites for hydroxylation is 1. The van der Waals surface area contributed by atoms with Crippen LogP contribution >= 0.6 is 0 Å². The van der Waals surface area contributed by atoms with E-state index in [2.05, 4.69) is 0 Å². The highest BCUT2D eigenvalue weighted by Gasteiger charge is 2.40. The molecule has 2 fully saturated rings. The van der Waals surface area contributed by atoms with E-state index < -0.39 is 18.0 Å². The molecule has 2 aliphatic rings. The standard InChI is InChI=1S/C18H22N2O5/c1-12-2-4-13(5-3-12)20-7-6-15(18(20)24)17(23)19-8-9-25-14(11-19)10-16(21)22/h2-5,14-15H,6-11H2,1H3,(H,21,22)/t14-,15-/m0/s1. The number of carbonyl (C=O) groups excluding carboxylic acids is 2. The lowest BCUT2D eigenvalue weighted by molar-refractivity contribution is -0.151. The molecule has 7 heteroatoms. The summed E-state index contributed by atoms with van der Waals surface area (Å²) in [7, 11) is 0. The molecule has 134 valence electrons. The van der Waals surface area contributed by atoms with Gasteiger partial charge >= 0.3 is 5.97 Å². The van der Waals surface area contributed by atoms with Gasteiger partial charge in [0, 0.05) is 25.3 Å². The maximum atomic E-state index is 12.7. The summed E-state index contributed by atoms with van der Waals surface area (Å²) < 4.78 is 5.39. The van der Waals surface area contributed by atoms with Crippen LogP contribution in [0.1, 0.15) is 18.4 Å². The van der Waals surface area contributed by atoms with Crippen molar-refractivity contribution in [2.75, 3.05) is 31.1 Å². The molecule has 0 spiro atoms. The van der Waals surface area contributed by atoms with Crippen LogP contribution in [0.5, 0.6) is 0 Å². The summed E-state index contributed by atoms with van der Waals surface area (Å²) in [5, 5.41) is 8.88. The number of morpholine rings is 1. The van der Waals surface area contributed by atoms with Crippen molar-refractivity contribution in [1.29, 1.82) is 0 Å². The van der Waals surface area contributed by atoms with Crippen molar-refractivity contribution in [3.05, 3.63) is 29.8 Å². The third-order valence-electron chi connectivity index (χ3n) is 4.70. The molecule has 3 rings (SSSR count). The van der Waals surface area contributed by atoms with Crippen LogP contribution < -0.4 is 4.90 Å². The quantitative estimate of drug-likeness (QED) is 0.824. The summed E-state index contributed by atoms with van der Waals surface area (Å²) in [5.41, 5.74) is 1.91. The Bertz CT molecular complexity index is 673. The van der Waals surface area contributed by atoms with Gasteiger partial charge in [-0.05, 0) is 25.5 Å². The molecule has 2 amide bonds. The van der Waals surface area contributed by atoms with E-state index in [1.165, 1.54) is 0 Å². The Morgan fingerprint density at radius 3 is 2.64 bits per heavy atom. The minimum absolute atomic E-state index is 0.141. The van der Waals surface area contributed by atoms with Crippen LogP contribution in [0, 0.1) is 12.8 Å². The minimum Gasteiger partial charge on any atom is -0.481 e. The molecule has 0 unspecified atom stereocenters. The van der Waals surface area contributed by atoms with E-state index in [9.17, 15) is 14.4 Å². The molecule has 0 aliphatic carbocycles. The van der Waals surface area contributed by atoms with Crippen LogP contribution in [0.4, 0.5) is 5.69 Å². The summed E-state index contributed by atoms with van der Waals surface area (Å²) >= 11 is 0. The first-order valence-corrected chi connectivity index (χ1v) is 8.46. The molecule has 0 bridgehead atoms. The molecule has 25 heavy (non-hydrogen) atoms. The number of benzene rings is 1. The third-order valence-corrected chi connectivity index (χ3v) is 4.70. The molecule has 1 aromatic carbocycles. The van der Waals surface area contributed by atoms with Crippen LogP contribution in [0.2, 0.25) is 0 Å². The second-order valence-electron chi connectivity index (χ2n) is 6.54. The molecule has 0 radical (unpaired) electrons. The molecule has 2 atom stereocenters. The molecular formula is C18H22N2O5. The number of aliphatic carboxylic acids is 1. The number of rotatable bonds is 4. The lowest BCUT2D eigenvalue weighted by atomic mass is 10.1. The zero-order chi connectivity index (χ0) is 18.0. The molecular weight excluding hydrogens is 324 g/mol. The molecule has 0 saturated carbocycles. The van der Waals surface area contributed by atoms with Gasteiger partial charge in [-0.3, -0.25) is 14.4 Å². The molecule has 1 N–H and O–H groups in total. The van der Waals surface area contributed by atoms with Crippen molar-refractivity contribution in [2.24, 2.45) is 5.92 Å². The first-order valence-electron chi connectivity index (χ1n) is 8.46. The highest BCUT2D eigenvalue weighted by Crippen LogP contribution is 2.27. The summed E-state index contributed by atoms with van der Waals surface area (Å²) in [6.07, 6.45) is -0.176. The van der Waals surface area contributed by atoms with Gasteiger partial charge < -0.3 is 19.6 Å². The fraction of sp³-hybridized carbons (Fsp3) is 0.500. The molecule has 2 heterocycles. The molecule has 0 aromatic heterocycles. The van der Waals surface area contributed by atoms with E-state index in [-0.39, 0.29) is 24.8 Å². The van der Waals surface area contributed by atoms with Crippen molar-refractivity contribution in [1.82, 2.24) is 4.90 Å². The first-order chi connectivity index (χ1) is 12.0. The van der Waals surface area contributed by atoms with Crippen LogP contribution in [0.15, 0.2) is 24.3 Å². The smallest absolute Gasteiger partial charge is 0.306 e. The van der Waals surface area contributed by atoms with Crippen LogP contribution in [0.3, 0.4) is 0 Å². The summed E-state index contributed by atoms with van der Waals surface area (Å²) in [6, 6.07) is 7.65. The monoisotopic (exact) mass is 346 g/mol. The van der Waals surface area contributed by atoms with Crippen molar-refractivity contribution in [2.45, 2.75) is 25.9 Å². The normalized spacial score (nSPS) is 23.8. The number of hydrogen-bond donors (Lipinski definition) is 1. The molecule has 2 aliphatic heterocycles. The largest absolute Gasteiger partial charge is 0.481 e. The van der Waals surface area contributed by atoms with Crippen LogP contribution in [0.25, 0.3) is 0 Å². The maximum absolute atomic E-state index is 12.7. The third kappa shape index (κ3) is 3.82. The Morgan fingerprint density at radius 2 is 1.96 bits per heavy atom. The average molecular weight is 346 g/mol. The van der Waals surface area contributed by atoms with Gasteiger partial charge in [0.15, 0.2) is 0 Å². The topological polar surface area (TPSA) is 87.2 Å². The number of hydrogen-bond acceptors (Lipinski definition) is 4. The van der Waals surface area contributed by atoms with Gasteiger partial charge in [-0.15, -0.1) is 0 Å². The Morgan fingerprint density at radius 1 is 1.24 bits per heavy atom. The van der Waals surface area contributed by atoms with Gasteiger partial charge in [-0.2, -0.15) is 0 Å². The second-order valence-corrected chi connectivity index (χ2v) is 6.54. The number of carbonyl (C=O) groups is 3. The van der Waals surface area contributed by atoms with Gasteiger partial charge in [0.25, 0.3) is 0 Å². The van der Waals surface area contributed by atoms with E-state index >= 15 is 0 Å². The predicted octanol–water partition coefficient (Wildman–Crippen LogP) is 1.05. The van der Waals surface area contributed by atoms with E-state index in [4.69, 9.17) is 9.84 Å². The number of anilines is 1. The highest BCUT2D eigenvalue weighted by atomic mass is 16.5. The molecule has 1 aromatic rings. The van der Waals surface area contributed by atoms with Crippen molar-refractivity contribution in [3.8, 4) is 0 Å². The average Bonchev–Trinajstić information content (AvgIpc) is 2.96. The Balaban J connectivity index is 1.65. The van der Waals surface area contributed by atoms with Crippen LogP contribution in [-0.2, 0) is 19.1 Å². The Labute approximate surface area is 146 Å². The number of carboxylic acid groups (broad SMARTS) is 1.